The van der Waals surface area contributed by atoms with Crippen LogP contribution in [0.4, 0.5) is 0 Å². The van der Waals surface area contributed by atoms with E-state index in [1.54, 1.807) is 0 Å². The molecule has 0 bridgehead atoms. The Balaban J connectivity index is 1.84. The summed E-state index contributed by atoms with van der Waals surface area (Å²) >= 11 is 0. The van der Waals surface area contributed by atoms with Crippen molar-refractivity contribution >= 4 is 5.91 Å². The maximum absolute atomic E-state index is 12.4. The molecule has 1 N–H and O–H groups in total. The van der Waals surface area contributed by atoms with Crippen LogP contribution in [0.2, 0.25) is 0 Å². The van der Waals surface area contributed by atoms with Crippen LogP contribution >= 0.6 is 0 Å². The van der Waals surface area contributed by atoms with Crippen molar-refractivity contribution in [2.24, 2.45) is 5.92 Å². The molecule has 2 saturated heterocycles. The average Bonchev–Trinajstić information content (AvgIpc) is 2.61. The Hall–Kier alpha value is -0.610. The summed E-state index contributed by atoms with van der Waals surface area (Å²) in [5.74, 6) is 1.08. The van der Waals surface area contributed by atoms with Gasteiger partial charge in [-0.3, -0.25) is 10.1 Å². The van der Waals surface area contributed by atoms with Crippen molar-refractivity contribution in [3.63, 3.8) is 0 Å². The van der Waals surface area contributed by atoms with Gasteiger partial charge in [0.05, 0.1) is 11.7 Å². The summed E-state index contributed by atoms with van der Waals surface area (Å²) in [5, 5.41) is 3.44. The molecular weight excluding hydrogens is 238 g/mol. The number of amides is 1. The molecule has 0 aromatic heterocycles. The van der Waals surface area contributed by atoms with Gasteiger partial charge in [-0.25, -0.2) is 0 Å². The van der Waals surface area contributed by atoms with Gasteiger partial charge in [0.1, 0.15) is 0 Å². The number of piperidine rings is 1. The van der Waals surface area contributed by atoms with Gasteiger partial charge in [0.2, 0.25) is 5.91 Å². The van der Waals surface area contributed by atoms with E-state index in [-0.39, 0.29) is 17.6 Å². The van der Waals surface area contributed by atoms with Crippen LogP contribution in [0.5, 0.6) is 0 Å². The zero-order valence-corrected chi connectivity index (χ0v) is 12.9. The van der Waals surface area contributed by atoms with Crippen molar-refractivity contribution in [3.05, 3.63) is 0 Å². The van der Waals surface area contributed by atoms with Crippen LogP contribution in [-0.2, 0) is 4.79 Å². The van der Waals surface area contributed by atoms with Crippen LogP contribution in [0.3, 0.4) is 0 Å². The molecule has 4 nitrogen and oxygen atoms in total. The molecule has 2 unspecified atom stereocenters. The van der Waals surface area contributed by atoms with E-state index < -0.39 is 0 Å². The lowest BCUT2D eigenvalue weighted by Crippen LogP contribution is -2.43. The lowest BCUT2D eigenvalue weighted by atomic mass is 9.93. The fourth-order valence-corrected chi connectivity index (χ4v) is 3.31. The minimum atomic E-state index is -0.341. The van der Waals surface area contributed by atoms with Crippen LogP contribution in [0.15, 0.2) is 0 Å². The number of carbonyl (C=O) groups is 1. The molecule has 2 rings (SSSR count). The Bertz CT molecular complexity index is 325. The molecule has 1 amide bonds. The summed E-state index contributed by atoms with van der Waals surface area (Å²) < 4.78 is 0. The van der Waals surface area contributed by atoms with E-state index in [4.69, 9.17) is 0 Å². The van der Waals surface area contributed by atoms with Crippen molar-refractivity contribution in [2.75, 3.05) is 26.7 Å². The quantitative estimate of drug-likeness (QED) is 0.841. The highest BCUT2D eigenvalue weighted by molar-refractivity contribution is 5.88. The first-order valence-electron chi connectivity index (χ1n) is 7.73. The number of nitrogens with one attached hydrogen (secondary N) is 1. The van der Waals surface area contributed by atoms with E-state index in [0.717, 1.165) is 25.3 Å². The summed E-state index contributed by atoms with van der Waals surface area (Å²) in [5.41, 5.74) is -0.341. The zero-order valence-electron chi connectivity index (χ0n) is 12.9. The van der Waals surface area contributed by atoms with Gasteiger partial charge in [-0.2, -0.15) is 0 Å². The number of carbonyl (C=O) groups excluding carboxylic acids is 1. The predicted molar refractivity (Wildman–Crippen MR) is 77.8 cm³/mol. The third-order valence-electron chi connectivity index (χ3n) is 5.05. The Morgan fingerprint density at radius 1 is 1.37 bits per heavy atom. The Morgan fingerprint density at radius 3 is 2.53 bits per heavy atom. The van der Waals surface area contributed by atoms with Crippen molar-refractivity contribution in [2.45, 2.75) is 58.2 Å². The maximum atomic E-state index is 12.4. The highest BCUT2D eigenvalue weighted by Gasteiger charge is 2.44. The van der Waals surface area contributed by atoms with E-state index in [1.807, 2.05) is 11.8 Å². The maximum Gasteiger partial charge on any atom is 0.243 e. The molecule has 0 aliphatic carbocycles. The van der Waals surface area contributed by atoms with Crippen molar-refractivity contribution in [1.29, 1.82) is 0 Å². The first-order valence-corrected chi connectivity index (χ1v) is 7.73. The van der Waals surface area contributed by atoms with Gasteiger partial charge < -0.3 is 9.80 Å². The minimum absolute atomic E-state index is 0.184. The van der Waals surface area contributed by atoms with Gasteiger partial charge in [0.25, 0.3) is 0 Å². The second-order valence-corrected chi connectivity index (χ2v) is 6.54. The molecule has 2 aliphatic heterocycles. The van der Waals surface area contributed by atoms with Gasteiger partial charge in [-0.1, -0.05) is 6.92 Å². The SMILES string of the molecule is CCC1(C)NC(C)N(CCC2CCN(C)CC2)C1=O. The molecule has 19 heavy (non-hydrogen) atoms. The van der Waals surface area contributed by atoms with Crippen LogP contribution in [0.25, 0.3) is 0 Å². The molecule has 4 heteroatoms. The fraction of sp³-hybridized carbons (Fsp3) is 0.933. The van der Waals surface area contributed by atoms with Crippen molar-refractivity contribution in [3.8, 4) is 0 Å². The standard InChI is InChI=1S/C15H29N3O/c1-5-15(3)14(19)18(12(2)16-15)11-8-13-6-9-17(4)10-7-13/h12-13,16H,5-11H2,1-4H3. The minimum Gasteiger partial charge on any atom is -0.326 e. The van der Waals surface area contributed by atoms with Crippen LogP contribution in [0, 0.1) is 5.92 Å². The molecule has 0 saturated carbocycles. The normalized spacial score (nSPS) is 34.2. The van der Waals surface area contributed by atoms with Crippen LogP contribution in [-0.4, -0.2) is 54.1 Å². The number of hydrogen-bond donors (Lipinski definition) is 1. The monoisotopic (exact) mass is 267 g/mol. The molecule has 2 aliphatic rings. The molecule has 0 spiro atoms. The van der Waals surface area contributed by atoms with Crippen molar-refractivity contribution in [1.82, 2.24) is 15.1 Å². The number of hydrogen-bond acceptors (Lipinski definition) is 3. The van der Waals surface area contributed by atoms with E-state index in [0.29, 0.717) is 0 Å². The predicted octanol–water partition coefficient (Wildman–Crippen LogP) is 1.66. The molecular formula is C15H29N3O. The third kappa shape index (κ3) is 3.11. The Morgan fingerprint density at radius 2 is 2.00 bits per heavy atom. The van der Waals surface area contributed by atoms with Crippen LogP contribution in [0.1, 0.15) is 46.5 Å². The van der Waals surface area contributed by atoms with E-state index in [2.05, 4.69) is 31.1 Å². The molecule has 2 atom stereocenters. The van der Waals surface area contributed by atoms with E-state index in [1.165, 1.54) is 25.9 Å². The number of likely N-dealkylation sites (tertiary alicyclic amines) is 1. The fourth-order valence-electron chi connectivity index (χ4n) is 3.31. The second-order valence-electron chi connectivity index (χ2n) is 6.54. The Labute approximate surface area is 117 Å². The van der Waals surface area contributed by atoms with Gasteiger partial charge in [-0.15, -0.1) is 0 Å². The summed E-state index contributed by atoms with van der Waals surface area (Å²) in [7, 11) is 2.19. The highest BCUT2D eigenvalue weighted by Crippen LogP contribution is 2.26. The van der Waals surface area contributed by atoms with E-state index in [9.17, 15) is 4.79 Å². The number of nitrogens with zero attached hydrogens (tertiary/aromatic N) is 2. The van der Waals surface area contributed by atoms with Gasteiger partial charge in [-0.05, 0) is 65.6 Å². The highest BCUT2D eigenvalue weighted by atomic mass is 16.2. The lowest BCUT2D eigenvalue weighted by molar-refractivity contribution is -0.133. The topological polar surface area (TPSA) is 35.6 Å². The lowest BCUT2D eigenvalue weighted by Gasteiger charge is -2.30. The molecule has 0 radical (unpaired) electrons. The molecule has 2 fully saturated rings. The van der Waals surface area contributed by atoms with Crippen LogP contribution < -0.4 is 5.32 Å². The first kappa shape index (κ1) is 14.8. The largest absolute Gasteiger partial charge is 0.326 e. The number of rotatable bonds is 4. The third-order valence-corrected chi connectivity index (χ3v) is 5.05. The first-order chi connectivity index (χ1) is 8.96. The molecule has 0 aromatic carbocycles. The van der Waals surface area contributed by atoms with Crippen molar-refractivity contribution < 1.29 is 4.79 Å². The zero-order chi connectivity index (χ0) is 14.0. The van der Waals surface area contributed by atoms with E-state index >= 15 is 0 Å². The summed E-state index contributed by atoms with van der Waals surface area (Å²) in [6, 6.07) is 0. The molecule has 0 aromatic rings. The summed E-state index contributed by atoms with van der Waals surface area (Å²) in [6.07, 6.45) is 4.77. The summed E-state index contributed by atoms with van der Waals surface area (Å²) in [6.45, 7) is 9.54. The summed E-state index contributed by atoms with van der Waals surface area (Å²) in [4.78, 5) is 16.9. The Kier molecular flexibility index (Phi) is 4.51. The average molecular weight is 267 g/mol. The molecule has 110 valence electrons. The second kappa shape index (κ2) is 5.80. The smallest absolute Gasteiger partial charge is 0.243 e. The van der Waals surface area contributed by atoms with Gasteiger partial charge in [0.15, 0.2) is 0 Å². The van der Waals surface area contributed by atoms with Gasteiger partial charge >= 0.3 is 0 Å². The molecule has 2 heterocycles. The van der Waals surface area contributed by atoms with Gasteiger partial charge in [0, 0.05) is 6.54 Å².